The van der Waals surface area contributed by atoms with Crippen molar-refractivity contribution in [1.29, 1.82) is 0 Å². The van der Waals surface area contributed by atoms with Crippen LogP contribution in [0.1, 0.15) is 107 Å². The number of allylic oxidation sites excluding steroid dienone is 2. The molecule has 0 saturated heterocycles. The molecule has 5 nitrogen and oxygen atoms in total. The maximum absolute atomic E-state index is 14.2. The summed E-state index contributed by atoms with van der Waals surface area (Å²) in [6.45, 7) is 17.3. The van der Waals surface area contributed by atoms with Crippen molar-refractivity contribution in [3.8, 4) is 0 Å². The first-order valence-corrected chi connectivity index (χ1v) is 13.9. The fraction of sp³-hybridized carbons (Fsp3) is 0.833. The summed E-state index contributed by atoms with van der Waals surface area (Å²) in [6, 6.07) is 0. The first-order valence-electron chi connectivity index (χ1n) is 13.9. The minimum atomic E-state index is -0.673. The SMILES string of the molecule is CC(C)CCC[C@H](C)[C@@H]1CC[C@]2(C)C3=C(C(=O)C[C@]12C)[C@]1(C)CC[C@@H](O)C(C)(C)[C@H]1C(=NO)C3=O. The second-order valence-electron chi connectivity index (χ2n) is 14.1. The molecule has 5 heteroatoms. The zero-order chi connectivity index (χ0) is 26.1. The molecule has 0 aromatic rings. The molecule has 0 aromatic carbocycles. The fourth-order valence-electron chi connectivity index (χ4n) is 9.21. The van der Waals surface area contributed by atoms with E-state index >= 15 is 0 Å². The summed E-state index contributed by atoms with van der Waals surface area (Å²) >= 11 is 0. The summed E-state index contributed by atoms with van der Waals surface area (Å²) in [5.74, 6) is 0.924. The van der Waals surface area contributed by atoms with Gasteiger partial charge >= 0.3 is 0 Å². The molecule has 196 valence electrons. The van der Waals surface area contributed by atoms with Crippen LogP contribution < -0.4 is 0 Å². The Bertz CT molecular complexity index is 977. The van der Waals surface area contributed by atoms with E-state index < -0.39 is 28.3 Å². The quantitative estimate of drug-likeness (QED) is 0.350. The van der Waals surface area contributed by atoms with Crippen LogP contribution in [0.3, 0.4) is 0 Å². The average Bonchev–Trinajstić information content (AvgIpc) is 3.02. The number of ketones is 2. The van der Waals surface area contributed by atoms with Gasteiger partial charge in [0.1, 0.15) is 5.71 Å². The molecular weight excluding hydrogens is 438 g/mol. The van der Waals surface area contributed by atoms with E-state index in [2.05, 4.69) is 46.7 Å². The van der Waals surface area contributed by atoms with Crippen molar-refractivity contribution in [2.45, 2.75) is 113 Å². The molecule has 0 unspecified atom stereocenters. The Balaban J connectivity index is 1.82. The lowest BCUT2D eigenvalue weighted by molar-refractivity contribution is -0.131. The Morgan fingerprint density at radius 3 is 2.23 bits per heavy atom. The van der Waals surface area contributed by atoms with Crippen LogP contribution in [-0.4, -0.2) is 33.7 Å². The molecule has 2 fully saturated rings. The highest BCUT2D eigenvalue weighted by Crippen LogP contribution is 2.70. The number of aliphatic hydroxyl groups excluding tert-OH is 1. The van der Waals surface area contributed by atoms with Crippen LogP contribution in [0, 0.1) is 45.3 Å². The van der Waals surface area contributed by atoms with Crippen molar-refractivity contribution in [1.82, 2.24) is 0 Å². The largest absolute Gasteiger partial charge is 0.411 e. The van der Waals surface area contributed by atoms with E-state index in [0.29, 0.717) is 48.2 Å². The van der Waals surface area contributed by atoms with Gasteiger partial charge < -0.3 is 10.3 Å². The van der Waals surface area contributed by atoms with Crippen LogP contribution in [0.25, 0.3) is 0 Å². The third-order valence-corrected chi connectivity index (χ3v) is 11.4. The van der Waals surface area contributed by atoms with Gasteiger partial charge in [0.05, 0.1) is 6.10 Å². The smallest absolute Gasteiger partial charge is 0.207 e. The van der Waals surface area contributed by atoms with E-state index in [4.69, 9.17) is 0 Å². The van der Waals surface area contributed by atoms with E-state index in [1.165, 1.54) is 12.8 Å². The molecule has 2 saturated carbocycles. The maximum atomic E-state index is 14.2. The molecule has 2 N–H and O–H groups in total. The minimum Gasteiger partial charge on any atom is -0.411 e. The number of oxime groups is 1. The molecule has 0 amide bonds. The lowest BCUT2D eigenvalue weighted by Crippen LogP contribution is -2.62. The standard InChI is InChI=1S/C30H47NO4/c1-17(2)10-9-11-18(3)19-12-15-29(7)23-22(20(32)16-30(19,29)8)28(6)14-13-21(33)27(4,5)26(28)24(31-35)25(23)34/h17-19,21,26,33,35H,9-16H2,1-8H3/t18-,19-,21+,26+,28-,29+,30+/m0/s1. The second kappa shape index (κ2) is 8.53. The molecule has 0 heterocycles. The van der Waals surface area contributed by atoms with Gasteiger partial charge in [0.15, 0.2) is 5.78 Å². The Hall–Kier alpha value is -1.49. The lowest BCUT2D eigenvalue weighted by Gasteiger charge is -2.60. The minimum absolute atomic E-state index is 0.103. The fourth-order valence-corrected chi connectivity index (χ4v) is 9.21. The molecule has 0 aliphatic heterocycles. The van der Waals surface area contributed by atoms with Gasteiger partial charge in [0, 0.05) is 39.7 Å². The molecule has 0 spiro atoms. The van der Waals surface area contributed by atoms with Gasteiger partial charge in [-0.2, -0.15) is 0 Å². The van der Waals surface area contributed by atoms with Gasteiger partial charge in [0.25, 0.3) is 0 Å². The highest BCUT2D eigenvalue weighted by atomic mass is 16.4. The summed E-state index contributed by atoms with van der Waals surface area (Å²) in [4.78, 5) is 28.3. The van der Waals surface area contributed by atoms with Gasteiger partial charge in [-0.25, -0.2) is 0 Å². The molecule has 4 rings (SSSR count). The number of rotatable bonds is 5. The van der Waals surface area contributed by atoms with Crippen molar-refractivity contribution >= 4 is 17.3 Å². The molecule has 0 bridgehead atoms. The number of Topliss-reactive ketones (excluding diaryl/α,β-unsaturated/α-hetero) is 2. The summed E-state index contributed by atoms with van der Waals surface area (Å²) < 4.78 is 0. The predicted molar refractivity (Wildman–Crippen MR) is 138 cm³/mol. The van der Waals surface area contributed by atoms with E-state index in [-0.39, 0.29) is 22.7 Å². The maximum Gasteiger partial charge on any atom is 0.207 e. The van der Waals surface area contributed by atoms with E-state index in [9.17, 15) is 19.9 Å². The highest BCUT2D eigenvalue weighted by molar-refractivity contribution is 6.49. The average molecular weight is 486 g/mol. The van der Waals surface area contributed by atoms with Crippen molar-refractivity contribution < 1.29 is 19.9 Å². The van der Waals surface area contributed by atoms with Crippen molar-refractivity contribution in [2.75, 3.05) is 0 Å². The van der Waals surface area contributed by atoms with E-state index in [1.807, 2.05) is 13.8 Å². The van der Waals surface area contributed by atoms with Crippen molar-refractivity contribution in [3.05, 3.63) is 11.1 Å². The number of hydrogen-bond donors (Lipinski definition) is 2. The number of carbonyl (C=O) groups is 2. The number of carbonyl (C=O) groups excluding carboxylic acids is 2. The van der Waals surface area contributed by atoms with E-state index in [0.717, 1.165) is 19.3 Å². The molecular formula is C30H47NO4. The zero-order valence-electron chi connectivity index (χ0n) is 23.2. The monoisotopic (exact) mass is 485 g/mol. The molecule has 4 aliphatic rings. The van der Waals surface area contributed by atoms with Gasteiger partial charge in [-0.05, 0) is 48.9 Å². The van der Waals surface area contributed by atoms with Crippen LogP contribution in [0.5, 0.6) is 0 Å². The summed E-state index contributed by atoms with van der Waals surface area (Å²) in [7, 11) is 0. The molecule has 7 atom stereocenters. The number of aliphatic hydroxyl groups is 1. The third kappa shape index (κ3) is 3.54. The zero-order valence-corrected chi connectivity index (χ0v) is 23.2. The van der Waals surface area contributed by atoms with Crippen LogP contribution in [-0.2, 0) is 9.59 Å². The first kappa shape index (κ1) is 26.6. The van der Waals surface area contributed by atoms with Gasteiger partial charge in [-0.1, -0.05) is 79.8 Å². The van der Waals surface area contributed by atoms with Crippen LogP contribution in [0.4, 0.5) is 0 Å². The molecule has 0 aromatic heterocycles. The molecule has 0 radical (unpaired) electrons. The lowest BCUT2D eigenvalue weighted by atomic mass is 9.42. The summed E-state index contributed by atoms with van der Waals surface area (Å²) in [5.41, 5.74) is -0.539. The number of fused-ring (bicyclic) bond motifs is 4. The summed E-state index contributed by atoms with van der Waals surface area (Å²) in [6.07, 6.45) is 6.51. The first-order chi connectivity index (χ1) is 16.2. The molecule has 35 heavy (non-hydrogen) atoms. The normalized spacial score (nSPS) is 42.8. The van der Waals surface area contributed by atoms with Crippen LogP contribution in [0.15, 0.2) is 16.3 Å². The topological polar surface area (TPSA) is 87.0 Å². The van der Waals surface area contributed by atoms with Gasteiger partial charge in [-0.3, -0.25) is 9.59 Å². The third-order valence-electron chi connectivity index (χ3n) is 11.4. The van der Waals surface area contributed by atoms with Gasteiger partial charge in [0.2, 0.25) is 5.78 Å². The second-order valence-corrected chi connectivity index (χ2v) is 14.1. The van der Waals surface area contributed by atoms with Gasteiger partial charge in [-0.15, -0.1) is 0 Å². The Morgan fingerprint density at radius 1 is 0.971 bits per heavy atom. The Kier molecular flexibility index (Phi) is 6.48. The summed E-state index contributed by atoms with van der Waals surface area (Å²) in [5, 5.41) is 24.6. The number of nitrogens with zero attached hydrogens (tertiary/aromatic N) is 1. The van der Waals surface area contributed by atoms with Crippen LogP contribution in [0.2, 0.25) is 0 Å². The van der Waals surface area contributed by atoms with Crippen molar-refractivity contribution in [3.63, 3.8) is 0 Å². The highest BCUT2D eigenvalue weighted by Gasteiger charge is 2.69. The number of hydrogen-bond acceptors (Lipinski definition) is 5. The molecule has 4 aliphatic carbocycles. The Labute approximate surface area is 211 Å². The Morgan fingerprint density at radius 2 is 1.63 bits per heavy atom. The van der Waals surface area contributed by atoms with Crippen LogP contribution >= 0.6 is 0 Å². The van der Waals surface area contributed by atoms with Crippen molar-refractivity contribution in [2.24, 2.45) is 50.5 Å². The predicted octanol–water partition coefficient (Wildman–Crippen LogP) is 6.36. The van der Waals surface area contributed by atoms with E-state index in [1.54, 1.807) is 0 Å².